The molecule has 4 nitrogen and oxygen atoms in total. The largest absolute Gasteiger partial charge is 0.497 e. The molecular weight excluding hydrogens is 355 g/mol. The Hall–Kier alpha value is -3.18. The zero-order chi connectivity index (χ0) is 19.9. The van der Waals surface area contributed by atoms with Crippen LogP contribution in [0.4, 0.5) is 10.1 Å². The topological polar surface area (TPSA) is 42.8 Å². The molecule has 0 aromatic heterocycles. The highest BCUT2D eigenvalue weighted by Gasteiger charge is 2.10. The summed E-state index contributed by atoms with van der Waals surface area (Å²) in [5.74, 6) is 0.403. The lowest BCUT2D eigenvalue weighted by Crippen LogP contribution is -3.06. The first-order valence-corrected chi connectivity index (χ1v) is 9.14. The van der Waals surface area contributed by atoms with Gasteiger partial charge in [0.05, 0.1) is 14.2 Å². The Kier molecular flexibility index (Phi) is 6.40. The van der Waals surface area contributed by atoms with Crippen LogP contribution in [-0.4, -0.2) is 20.1 Å². The average molecular weight is 379 g/mol. The monoisotopic (exact) mass is 379 g/mol. The summed E-state index contributed by atoms with van der Waals surface area (Å²) < 4.78 is 18.9. The zero-order valence-corrected chi connectivity index (χ0v) is 16.0. The van der Waals surface area contributed by atoms with E-state index in [0.29, 0.717) is 23.4 Å². The average Bonchev–Trinajstić information content (AvgIpc) is 2.71. The van der Waals surface area contributed by atoms with Gasteiger partial charge in [0.1, 0.15) is 24.7 Å². The highest BCUT2D eigenvalue weighted by atomic mass is 19.1. The number of quaternary nitrogens is 1. The molecule has 0 saturated heterocycles. The molecule has 0 aliphatic heterocycles. The van der Waals surface area contributed by atoms with Crippen LogP contribution in [0.5, 0.6) is 5.75 Å². The summed E-state index contributed by atoms with van der Waals surface area (Å²) >= 11 is 0. The van der Waals surface area contributed by atoms with Crippen LogP contribution in [0.3, 0.4) is 0 Å². The Bertz CT molecular complexity index is 924. The van der Waals surface area contributed by atoms with Crippen LogP contribution < -0.4 is 15.0 Å². The van der Waals surface area contributed by atoms with E-state index in [1.54, 1.807) is 37.4 Å². The predicted octanol–water partition coefficient (Wildman–Crippen LogP) is 3.30. The van der Waals surface area contributed by atoms with Crippen LogP contribution in [-0.2, 0) is 13.1 Å². The Balaban J connectivity index is 1.57. The molecule has 0 aliphatic carbocycles. The molecule has 144 valence electrons. The summed E-state index contributed by atoms with van der Waals surface area (Å²) in [5, 5.41) is 2.87. The number of carbonyl (C=O) groups is 1. The van der Waals surface area contributed by atoms with Crippen LogP contribution in [0, 0.1) is 5.82 Å². The Morgan fingerprint density at radius 1 is 0.964 bits per heavy atom. The van der Waals surface area contributed by atoms with E-state index < -0.39 is 0 Å². The summed E-state index contributed by atoms with van der Waals surface area (Å²) in [6.45, 7) is 1.35. The van der Waals surface area contributed by atoms with Gasteiger partial charge in [0, 0.05) is 22.4 Å². The normalized spacial score (nSPS) is 11.7. The fraction of sp³-hybridized carbons (Fsp3) is 0.174. The van der Waals surface area contributed by atoms with E-state index in [9.17, 15) is 9.18 Å². The maximum atomic E-state index is 13.8. The van der Waals surface area contributed by atoms with E-state index in [1.807, 2.05) is 43.4 Å². The van der Waals surface area contributed by atoms with Gasteiger partial charge in [0.15, 0.2) is 0 Å². The Labute approximate surface area is 164 Å². The third-order valence-electron chi connectivity index (χ3n) is 4.52. The summed E-state index contributed by atoms with van der Waals surface area (Å²) in [6.07, 6.45) is 0. The first-order chi connectivity index (χ1) is 13.5. The molecule has 0 fully saturated rings. The molecule has 1 unspecified atom stereocenters. The third-order valence-corrected chi connectivity index (χ3v) is 4.52. The summed E-state index contributed by atoms with van der Waals surface area (Å²) in [6, 6.07) is 21.5. The molecule has 28 heavy (non-hydrogen) atoms. The second-order valence-electron chi connectivity index (χ2n) is 6.78. The minimum Gasteiger partial charge on any atom is -0.497 e. The van der Waals surface area contributed by atoms with Gasteiger partial charge >= 0.3 is 0 Å². The number of nitrogens with one attached hydrogen (secondary N) is 2. The fourth-order valence-electron chi connectivity index (χ4n) is 3.03. The van der Waals surface area contributed by atoms with Crippen LogP contribution in [0.2, 0.25) is 0 Å². The first kappa shape index (κ1) is 19.6. The minimum absolute atomic E-state index is 0.163. The molecule has 3 rings (SSSR count). The minimum atomic E-state index is -0.174. The summed E-state index contributed by atoms with van der Waals surface area (Å²) in [7, 11) is 3.63. The highest BCUT2D eigenvalue weighted by molar-refractivity contribution is 6.04. The molecule has 0 spiro atoms. The van der Waals surface area contributed by atoms with Gasteiger partial charge in [-0.05, 0) is 42.5 Å². The van der Waals surface area contributed by atoms with Crippen molar-refractivity contribution in [3.8, 4) is 5.75 Å². The molecule has 2 N–H and O–H groups in total. The van der Waals surface area contributed by atoms with E-state index in [0.717, 1.165) is 17.9 Å². The molecular formula is C23H24FN2O2+. The van der Waals surface area contributed by atoms with Gasteiger partial charge in [-0.15, -0.1) is 0 Å². The second-order valence-corrected chi connectivity index (χ2v) is 6.78. The van der Waals surface area contributed by atoms with E-state index in [4.69, 9.17) is 4.74 Å². The number of benzene rings is 3. The predicted molar refractivity (Wildman–Crippen MR) is 108 cm³/mol. The van der Waals surface area contributed by atoms with Crippen molar-refractivity contribution in [1.82, 2.24) is 0 Å². The van der Waals surface area contributed by atoms with Gasteiger partial charge in [-0.3, -0.25) is 4.79 Å². The summed E-state index contributed by atoms with van der Waals surface area (Å²) in [5.41, 5.74) is 3.10. The smallest absolute Gasteiger partial charge is 0.255 e. The van der Waals surface area contributed by atoms with Crippen LogP contribution in [0.15, 0.2) is 72.8 Å². The van der Waals surface area contributed by atoms with Crippen molar-refractivity contribution in [2.75, 3.05) is 19.5 Å². The number of halogens is 1. The van der Waals surface area contributed by atoms with Crippen molar-refractivity contribution in [3.63, 3.8) is 0 Å². The quantitative estimate of drug-likeness (QED) is 0.662. The van der Waals surface area contributed by atoms with Crippen molar-refractivity contribution >= 4 is 11.6 Å². The number of hydrogen-bond donors (Lipinski definition) is 2. The lowest BCUT2D eigenvalue weighted by molar-refractivity contribution is -0.907. The maximum absolute atomic E-state index is 13.8. The van der Waals surface area contributed by atoms with E-state index >= 15 is 0 Å². The van der Waals surface area contributed by atoms with Gasteiger partial charge < -0.3 is 15.0 Å². The number of rotatable bonds is 7. The maximum Gasteiger partial charge on any atom is 0.255 e. The van der Waals surface area contributed by atoms with Crippen molar-refractivity contribution in [3.05, 3.63) is 95.3 Å². The zero-order valence-electron chi connectivity index (χ0n) is 16.0. The van der Waals surface area contributed by atoms with Gasteiger partial charge in [0.2, 0.25) is 0 Å². The number of methoxy groups -OCH3 is 1. The number of hydrogen-bond acceptors (Lipinski definition) is 2. The first-order valence-electron chi connectivity index (χ1n) is 9.14. The SMILES string of the molecule is COc1ccc(NC(=O)c2ccc(C[NH+](C)Cc3ccccc3F)cc2)cc1. The number of ether oxygens (including phenoxy) is 1. The van der Waals surface area contributed by atoms with Gasteiger partial charge in [-0.1, -0.05) is 30.3 Å². The van der Waals surface area contributed by atoms with E-state index in [1.165, 1.54) is 11.0 Å². The molecule has 0 bridgehead atoms. The van der Waals surface area contributed by atoms with Gasteiger partial charge in [-0.25, -0.2) is 4.39 Å². The number of carbonyl (C=O) groups excluding carboxylic acids is 1. The van der Waals surface area contributed by atoms with Crippen molar-refractivity contribution in [2.45, 2.75) is 13.1 Å². The lowest BCUT2D eigenvalue weighted by atomic mass is 10.1. The third kappa shape index (κ3) is 5.18. The molecule has 0 radical (unpaired) electrons. The number of anilines is 1. The van der Waals surface area contributed by atoms with E-state index in [-0.39, 0.29) is 11.7 Å². The van der Waals surface area contributed by atoms with Crippen LogP contribution >= 0.6 is 0 Å². The molecule has 0 aliphatic rings. The van der Waals surface area contributed by atoms with Gasteiger partial charge in [0.25, 0.3) is 5.91 Å². The lowest BCUT2D eigenvalue weighted by Gasteiger charge is -2.15. The van der Waals surface area contributed by atoms with Crippen molar-refractivity contribution < 1.29 is 18.8 Å². The molecule has 3 aromatic rings. The van der Waals surface area contributed by atoms with E-state index in [2.05, 4.69) is 5.32 Å². The van der Waals surface area contributed by atoms with Crippen molar-refractivity contribution in [2.24, 2.45) is 0 Å². The molecule has 0 heterocycles. The van der Waals surface area contributed by atoms with Crippen molar-refractivity contribution in [1.29, 1.82) is 0 Å². The standard InChI is InChI=1S/C23H23FN2O2/c1-26(16-19-5-3-4-6-22(19)24)15-17-7-9-18(10-8-17)23(27)25-20-11-13-21(28-2)14-12-20/h3-14H,15-16H2,1-2H3,(H,25,27)/p+1. The number of amides is 1. The van der Waals surface area contributed by atoms with Crippen LogP contribution in [0.1, 0.15) is 21.5 Å². The molecule has 1 atom stereocenters. The molecule has 0 saturated carbocycles. The summed E-state index contributed by atoms with van der Waals surface area (Å²) in [4.78, 5) is 13.6. The Morgan fingerprint density at radius 2 is 1.64 bits per heavy atom. The molecule has 3 aromatic carbocycles. The molecule has 1 amide bonds. The highest BCUT2D eigenvalue weighted by Crippen LogP contribution is 2.16. The molecule has 5 heteroatoms. The second kappa shape index (κ2) is 9.15. The van der Waals surface area contributed by atoms with Crippen LogP contribution in [0.25, 0.3) is 0 Å². The fourth-order valence-corrected chi connectivity index (χ4v) is 3.03. The Morgan fingerprint density at radius 3 is 2.29 bits per heavy atom. The van der Waals surface area contributed by atoms with Gasteiger partial charge in [-0.2, -0.15) is 0 Å².